The minimum absolute atomic E-state index is 0.162. The summed E-state index contributed by atoms with van der Waals surface area (Å²) in [5, 5.41) is 0. The third-order valence-corrected chi connectivity index (χ3v) is 4.56. The topological polar surface area (TPSA) is 79.9 Å². The molecular weight excluding hydrogens is 370 g/mol. The van der Waals surface area contributed by atoms with E-state index in [0.717, 1.165) is 18.8 Å². The zero-order valence-electron chi connectivity index (χ0n) is 16.8. The van der Waals surface area contributed by atoms with Crippen LogP contribution in [0.2, 0.25) is 0 Å². The average molecular weight is 397 g/mol. The lowest BCUT2D eigenvalue weighted by atomic mass is 10.2. The molecule has 0 bridgehead atoms. The third-order valence-electron chi connectivity index (χ3n) is 4.56. The first-order valence-corrected chi connectivity index (χ1v) is 9.79. The summed E-state index contributed by atoms with van der Waals surface area (Å²) in [6.45, 7) is 6.30. The van der Waals surface area contributed by atoms with Crippen molar-refractivity contribution in [1.82, 2.24) is 15.8 Å². The van der Waals surface area contributed by atoms with Gasteiger partial charge in [-0.15, -0.1) is 0 Å². The number of benzene rings is 2. The minimum Gasteiger partial charge on any atom is -0.457 e. The summed E-state index contributed by atoms with van der Waals surface area (Å²) in [7, 11) is 0. The number of hydrogen-bond donors (Lipinski definition) is 2. The van der Waals surface area contributed by atoms with Gasteiger partial charge in [-0.3, -0.25) is 25.3 Å². The Hall–Kier alpha value is -2.90. The molecule has 29 heavy (non-hydrogen) atoms. The van der Waals surface area contributed by atoms with Gasteiger partial charge >= 0.3 is 0 Å². The van der Waals surface area contributed by atoms with E-state index >= 15 is 0 Å². The summed E-state index contributed by atoms with van der Waals surface area (Å²) in [6.07, 6.45) is 0.634. The Balaban J connectivity index is 1.41. The van der Waals surface area contributed by atoms with Crippen LogP contribution in [-0.4, -0.2) is 48.6 Å². The second-order valence-electron chi connectivity index (χ2n) is 7.21. The number of carbonyl (C=O) groups is 2. The first kappa shape index (κ1) is 20.8. The van der Waals surface area contributed by atoms with Gasteiger partial charge in [0.05, 0.1) is 12.2 Å². The van der Waals surface area contributed by atoms with Crippen molar-refractivity contribution in [3.05, 3.63) is 60.2 Å². The van der Waals surface area contributed by atoms with Gasteiger partial charge in [0.2, 0.25) is 5.91 Å². The van der Waals surface area contributed by atoms with E-state index in [-0.39, 0.29) is 24.0 Å². The minimum atomic E-state index is -0.377. The largest absolute Gasteiger partial charge is 0.457 e. The maximum absolute atomic E-state index is 12.2. The van der Waals surface area contributed by atoms with Crippen LogP contribution in [0.15, 0.2) is 54.6 Å². The van der Waals surface area contributed by atoms with Crippen LogP contribution in [-0.2, 0) is 9.53 Å². The summed E-state index contributed by atoms with van der Waals surface area (Å²) < 4.78 is 11.4. The summed E-state index contributed by atoms with van der Waals surface area (Å²) in [5.41, 5.74) is 5.35. The van der Waals surface area contributed by atoms with E-state index in [1.807, 2.05) is 44.2 Å². The average Bonchev–Trinajstić information content (AvgIpc) is 2.71. The van der Waals surface area contributed by atoms with Crippen molar-refractivity contribution in [2.24, 2.45) is 0 Å². The molecule has 0 aromatic heterocycles. The Morgan fingerprint density at radius 1 is 0.966 bits per heavy atom. The van der Waals surface area contributed by atoms with Crippen molar-refractivity contribution in [1.29, 1.82) is 0 Å². The highest BCUT2D eigenvalue weighted by atomic mass is 16.5. The smallest absolute Gasteiger partial charge is 0.269 e. The molecule has 0 saturated carbocycles. The first-order valence-electron chi connectivity index (χ1n) is 9.79. The second-order valence-corrected chi connectivity index (χ2v) is 7.21. The van der Waals surface area contributed by atoms with Gasteiger partial charge in [-0.2, -0.15) is 0 Å². The maximum Gasteiger partial charge on any atom is 0.269 e. The van der Waals surface area contributed by atoms with Crippen LogP contribution >= 0.6 is 0 Å². The standard InChI is InChI=1S/C22H27N3O4/c1-16-14-25(15-17(2)28-16)13-12-21(26)23-24-22(27)18-8-10-20(11-9-18)29-19-6-4-3-5-7-19/h3-11,16-17H,12-15H2,1-2H3,(H,23,26)(H,24,27)/t16-,17+. The van der Waals surface area contributed by atoms with Crippen LogP contribution in [0, 0.1) is 0 Å². The van der Waals surface area contributed by atoms with E-state index in [1.54, 1.807) is 24.3 Å². The number of hydrazine groups is 1. The highest BCUT2D eigenvalue weighted by Crippen LogP contribution is 2.21. The number of morpholine rings is 1. The lowest BCUT2D eigenvalue weighted by molar-refractivity contribution is -0.123. The molecule has 154 valence electrons. The van der Waals surface area contributed by atoms with E-state index in [2.05, 4.69) is 15.8 Å². The van der Waals surface area contributed by atoms with E-state index in [1.165, 1.54) is 0 Å². The fourth-order valence-corrected chi connectivity index (χ4v) is 3.29. The fraction of sp³-hybridized carbons (Fsp3) is 0.364. The molecule has 7 heteroatoms. The molecule has 0 spiro atoms. The number of hydrogen-bond acceptors (Lipinski definition) is 5. The lowest BCUT2D eigenvalue weighted by Gasteiger charge is -2.35. The Morgan fingerprint density at radius 2 is 1.59 bits per heavy atom. The highest BCUT2D eigenvalue weighted by Gasteiger charge is 2.22. The molecule has 0 radical (unpaired) electrons. The molecule has 2 aromatic rings. The molecule has 2 atom stereocenters. The van der Waals surface area contributed by atoms with Crippen molar-refractivity contribution in [3.8, 4) is 11.5 Å². The van der Waals surface area contributed by atoms with Crippen LogP contribution in [0.5, 0.6) is 11.5 Å². The van der Waals surface area contributed by atoms with Gasteiger partial charge in [0, 0.05) is 31.6 Å². The SMILES string of the molecule is C[C@@H]1CN(CCC(=O)NNC(=O)c2ccc(Oc3ccccc3)cc2)C[C@H](C)O1. The molecule has 2 N–H and O–H groups in total. The Labute approximate surface area is 171 Å². The highest BCUT2D eigenvalue weighted by molar-refractivity contribution is 5.95. The molecule has 0 unspecified atom stereocenters. The van der Waals surface area contributed by atoms with Crippen molar-refractivity contribution in [2.45, 2.75) is 32.5 Å². The normalized spacial score (nSPS) is 19.4. The van der Waals surface area contributed by atoms with Crippen LogP contribution in [0.3, 0.4) is 0 Å². The number of carbonyl (C=O) groups excluding carboxylic acids is 2. The molecule has 7 nitrogen and oxygen atoms in total. The number of rotatable bonds is 6. The van der Waals surface area contributed by atoms with E-state index in [0.29, 0.717) is 24.3 Å². The maximum atomic E-state index is 12.2. The molecule has 0 aliphatic carbocycles. The molecule has 1 heterocycles. The zero-order chi connectivity index (χ0) is 20.6. The predicted octanol–water partition coefficient (Wildman–Crippen LogP) is 2.74. The van der Waals surface area contributed by atoms with Crippen molar-refractivity contribution >= 4 is 11.8 Å². The van der Waals surface area contributed by atoms with E-state index in [4.69, 9.17) is 9.47 Å². The first-order chi connectivity index (χ1) is 14.0. The number of amides is 2. The number of nitrogens with zero attached hydrogens (tertiary/aromatic N) is 1. The van der Waals surface area contributed by atoms with Gasteiger partial charge < -0.3 is 9.47 Å². The molecule has 1 saturated heterocycles. The molecule has 1 aliphatic rings. The second kappa shape index (κ2) is 10.0. The van der Waals surface area contributed by atoms with Crippen LogP contribution < -0.4 is 15.6 Å². The quantitative estimate of drug-likeness (QED) is 0.733. The van der Waals surface area contributed by atoms with E-state index in [9.17, 15) is 9.59 Å². The molecule has 1 fully saturated rings. The van der Waals surface area contributed by atoms with Gasteiger partial charge in [-0.1, -0.05) is 18.2 Å². The van der Waals surface area contributed by atoms with Crippen molar-refractivity contribution in [3.63, 3.8) is 0 Å². The monoisotopic (exact) mass is 397 g/mol. The Bertz CT molecular complexity index is 801. The molecule has 2 amide bonds. The van der Waals surface area contributed by atoms with Crippen molar-refractivity contribution < 1.29 is 19.1 Å². The number of nitrogens with one attached hydrogen (secondary N) is 2. The lowest BCUT2D eigenvalue weighted by Crippen LogP contribution is -2.47. The van der Waals surface area contributed by atoms with Gasteiger partial charge in [-0.05, 0) is 50.2 Å². The fourth-order valence-electron chi connectivity index (χ4n) is 3.29. The summed E-state index contributed by atoms with van der Waals surface area (Å²) in [6, 6.07) is 16.1. The number of para-hydroxylation sites is 1. The summed E-state index contributed by atoms with van der Waals surface area (Å²) in [5.74, 6) is 0.749. The third kappa shape index (κ3) is 6.58. The Kier molecular flexibility index (Phi) is 7.21. The van der Waals surface area contributed by atoms with Crippen LogP contribution in [0.1, 0.15) is 30.6 Å². The predicted molar refractivity (Wildman–Crippen MR) is 110 cm³/mol. The molecular formula is C22H27N3O4. The van der Waals surface area contributed by atoms with Gasteiger partial charge in [0.25, 0.3) is 5.91 Å². The van der Waals surface area contributed by atoms with Gasteiger partial charge in [0.15, 0.2) is 0 Å². The molecule has 3 rings (SSSR count). The van der Waals surface area contributed by atoms with Crippen molar-refractivity contribution in [2.75, 3.05) is 19.6 Å². The summed E-state index contributed by atoms with van der Waals surface area (Å²) in [4.78, 5) is 26.5. The number of ether oxygens (including phenoxy) is 2. The van der Waals surface area contributed by atoms with Gasteiger partial charge in [0.1, 0.15) is 11.5 Å². The van der Waals surface area contributed by atoms with E-state index < -0.39 is 0 Å². The van der Waals surface area contributed by atoms with Gasteiger partial charge in [-0.25, -0.2) is 0 Å². The zero-order valence-corrected chi connectivity index (χ0v) is 16.8. The van der Waals surface area contributed by atoms with Crippen LogP contribution in [0.4, 0.5) is 0 Å². The Morgan fingerprint density at radius 3 is 2.24 bits per heavy atom. The molecule has 1 aliphatic heterocycles. The molecule has 2 aromatic carbocycles. The van der Waals surface area contributed by atoms with Crippen LogP contribution in [0.25, 0.3) is 0 Å². The summed E-state index contributed by atoms with van der Waals surface area (Å²) >= 11 is 0.